The minimum Gasteiger partial charge on any atom is -0.495 e. The lowest BCUT2D eigenvalue weighted by molar-refractivity contribution is -0.129. The van der Waals surface area contributed by atoms with Gasteiger partial charge in [0.2, 0.25) is 15.9 Å². The number of carbonyl (C=O) groups excluding carboxylic acids is 1. The molecule has 0 bridgehead atoms. The van der Waals surface area contributed by atoms with Crippen LogP contribution in [0.4, 0.5) is 5.13 Å². The largest absolute Gasteiger partial charge is 0.495 e. The number of amides is 1. The number of hydrogen-bond acceptors (Lipinski definition) is 8. The van der Waals surface area contributed by atoms with Gasteiger partial charge in [-0.3, -0.25) is 4.79 Å². The Balaban J connectivity index is 1.55. The van der Waals surface area contributed by atoms with E-state index in [-0.39, 0.29) is 22.4 Å². The van der Waals surface area contributed by atoms with Crippen molar-refractivity contribution >= 4 is 32.4 Å². The van der Waals surface area contributed by atoms with E-state index in [2.05, 4.69) is 23.9 Å². The Hall–Kier alpha value is -2.21. The van der Waals surface area contributed by atoms with Gasteiger partial charge in [-0.25, -0.2) is 18.1 Å². The number of hydrogen-bond donors (Lipinski definition) is 2. The van der Waals surface area contributed by atoms with E-state index in [4.69, 9.17) is 14.5 Å². The van der Waals surface area contributed by atoms with Crippen LogP contribution in [-0.2, 0) is 19.6 Å². The zero-order chi connectivity index (χ0) is 26.8. The number of sulfonamides is 1. The zero-order valence-corrected chi connectivity index (χ0v) is 23.9. The summed E-state index contributed by atoms with van der Waals surface area (Å²) >= 11 is 1.53. The highest BCUT2D eigenvalue weighted by Gasteiger charge is 2.32. The van der Waals surface area contributed by atoms with Gasteiger partial charge in [-0.05, 0) is 76.1 Å². The van der Waals surface area contributed by atoms with E-state index in [9.17, 15) is 13.2 Å². The van der Waals surface area contributed by atoms with Crippen LogP contribution in [0.5, 0.6) is 5.75 Å². The average molecular weight is 551 g/mol. The van der Waals surface area contributed by atoms with Crippen molar-refractivity contribution in [2.45, 2.75) is 69.9 Å². The molecule has 1 amide bonds. The van der Waals surface area contributed by atoms with Crippen molar-refractivity contribution in [1.29, 1.82) is 0 Å². The maximum atomic E-state index is 13.4. The molecule has 2 saturated heterocycles. The van der Waals surface area contributed by atoms with Crippen molar-refractivity contribution in [3.63, 3.8) is 0 Å². The predicted octanol–water partition coefficient (Wildman–Crippen LogP) is 4.03. The second-order valence-electron chi connectivity index (χ2n) is 10.4. The molecule has 1 aromatic carbocycles. The number of thiazole rings is 1. The van der Waals surface area contributed by atoms with Gasteiger partial charge in [0.15, 0.2) is 5.13 Å². The Morgan fingerprint density at radius 1 is 1.19 bits per heavy atom. The summed E-state index contributed by atoms with van der Waals surface area (Å²) < 4.78 is 40.6. The molecule has 204 valence electrons. The highest BCUT2D eigenvalue weighted by atomic mass is 32.2. The highest BCUT2D eigenvalue weighted by molar-refractivity contribution is 7.89. The van der Waals surface area contributed by atoms with Crippen LogP contribution in [0.3, 0.4) is 0 Å². The number of nitrogens with zero attached hydrogens (tertiary/aromatic N) is 2. The number of likely N-dealkylation sites (tertiary alicyclic amines) is 1. The van der Waals surface area contributed by atoms with Crippen LogP contribution in [0, 0.1) is 12.8 Å². The van der Waals surface area contributed by atoms with E-state index in [1.807, 2.05) is 13.0 Å². The standard InChI is InChI=1S/C26H38N4O5S2/c1-17-24(36-25(27-17)28-26(3,4)20-10-14-35-15-11-20)19-6-7-22(34-5)23(16-19)37(32,33)29-21-8-12-30(13-9-21)18(2)31/h6-7,16,20-21,29H,8-15H2,1-5H3,(H,27,28). The van der Waals surface area contributed by atoms with Crippen LogP contribution in [0.2, 0.25) is 0 Å². The summed E-state index contributed by atoms with van der Waals surface area (Å²) in [6.45, 7) is 10.5. The summed E-state index contributed by atoms with van der Waals surface area (Å²) in [5.74, 6) is 0.791. The first-order chi connectivity index (χ1) is 17.5. The molecule has 9 nitrogen and oxygen atoms in total. The topological polar surface area (TPSA) is 110 Å². The van der Waals surface area contributed by atoms with Gasteiger partial charge in [0.1, 0.15) is 10.6 Å². The number of rotatable bonds is 8. The first-order valence-corrected chi connectivity index (χ1v) is 15.1. The molecule has 0 atom stereocenters. The Bertz CT molecular complexity index is 1210. The Morgan fingerprint density at radius 3 is 2.49 bits per heavy atom. The second kappa shape index (κ2) is 11.3. The number of aryl methyl sites for hydroxylation is 1. The number of anilines is 1. The summed E-state index contributed by atoms with van der Waals surface area (Å²) in [4.78, 5) is 19.1. The van der Waals surface area contributed by atoms with Crippen LogP contribution < -0.4 is 14.8 Å². The molecule has 0 radical (unpaired) electrons. The summed E-state index contributed by atoms with van der Waals surface area (Å²) in [6, 6.07) is 5.00. The summed E-state index contributed by atoms with van der Waals surface area (Å²) in [6.07, 6.45) is 3.18. The highest BCUT2D eigenvalue weighted by Crippen LogP contribution is 2.39. The molecule has 3 heterocycles. The molecule has 2 aromatic rings. The number of ether oxygens (including phenoxy) is 2. The van der Waals surface area contributed by atoms with Crippen LogP contribution in [-0.4, -0.2) is 69.2 Å². The molecular formula is C26H38N4O5S2. The van der Waals surface area contributed by atoms with Gasteiger partial charge in [0.05, 0.1) is 17.7 Å². The lowest BCUT2D eigenvalue weighted by Gasteiger charge is -2.37. The Morgan fingerprint density at radius 2 is 1.86 bits per heavy atom. The number of aromatic nitrogens is 1. The third-order valence-corrected chi connectivity index (χ3v) is 10.1. The fourth-order valence-corrected chi connectivity index (χ4v) is 7.77. The van der Waals surface area contributed by atoms with Crippen molar-refractivity contribution in [2.75, 3.05) is 38.7 Å². The molecule has 0 saturated carbocycles. The van der Waals surface area contributed by atoms with Crippen molar-refractivity contribution in [2.24, 2.45) is 5.92 Å². The van der Waals surface area contributed by atoms with Crippen molar-refractivity contribution in [3.05, 3.63) is 23.9 Å². The number of carbonyl (C=O) groups is 1. The monoisotopic (exact) mass is 550 g/mol. The molecule has 37 heavy (non-hydrogen) atoms. The molecular weight excluding hydrogens is 512 g/mol. The minimum atomic E-state index is -3.84. The molecule has 0 aliphatic carbocycles. The molecule has 4 rings (SSSR count). The van der Waals surface area contributed by atoms with E-state index >= 15 is 0 Å². The lowest BCUT2D eigenvalue weighted by Crippen LogP contribution is -2.45. The lowest BCUT2D eigenvalue weighted by atomic mass is 9.82. The number of piperidine rings is 1. The van der Waals surface area contributed by atoms with E-state index in [0.29, 0.717) is 37.6 Å². The quantitative estimate of drug-likeness (QED) is 0.511. The normalized spacial score (nSPS) is 18.1. The van der Waals surface area contributed by atoms with Crippen LogP contribution in [0.1, 0.15) is 52.1 Å². The maximum absolute atomic E-state index is 13.4. The molecule has 11 heteroatoms. The molecule has 0 unspecified atom stereocenters. The van der Waals surface area contributed by atoms with Gasteiger partial charge in [0.25, 0.3) is 0 Å². The van der Waals surface area contributed by atoms with Crippen LogP contribution in [0.25, 0.3) is 10.4 Å². The molecule has 1 aromatic heterocycles. The number of benzene rings is 1. The fourth-order valence-electron chi connectivity index (χ4n) is 5.14. The SMILES string of the molecule is COc1ccc(-c2sc(NC(C)(C)C3CCOCC3)nc2C)cc1S(=O)(=O)NC1CCN(C(C)=O)CC1. The van der Waals surface area contributed by atoms with Crippen LogP contribution >= 0.6 is 11.3 Å². The smallest absolute Gasteiger partial charge is 0.244 e. The van der Waals surface area contributed by atoms with Gasteiger partial charge in [-0.1, -0.05) is 11.3 Å². The van der Waals surface area contributed by atoms with Gasteiger partial charge < -0.3 is 19.7 Å². The van der Waals surface area contributed by atoms with Crippen molar-refractivity contribution in [1.82, 2.24) is 14.6 Å². The Labute approximate surface area is 224 Å². The number of methoxy groups -OCH3 is 1. The molecule has 0 spiro atoms. The molecule has 2 fully saturated rings. The third-order valence-electron chi connectivity index (χ3n) is 7.45. The average Bonchev–Trinajstić information content (AvgIpc) is 3.23. The third kappa shape index (κ3) is 6.45. The van der Waals surface area contributed by atoms with Crippen molar-refractivity contribution < 1.29 is 22.7 Å². The Kier molecular flexibility index (Phi) is 8.47. The van der Waals surface area contributed by atoms with Gasteiger partial charge in [-0.2, -0.15) is 0 Å². The molecule has 2 aliphatic heterocycles. The van der Waals surface area contributed by atoms with E-state index in [1.54, 1.807) is 17.0 Å². The fraction of sp³-hybridized carbons (Fsp3) is 0.615. The summed E-state index contributed by atoms with van der Waals surface area (Å²) in [5.41, 5.74) is 1.48. The predicted molar refractivity (Wildman–Crippen MR) is 146 cm³/mol. The summed E-state index contributed by atoms with van der Waals surface area (Å²) in [5, 5.41) is 4.44. The number of nitrogens with one attached hydrogen (secondary N) is 2. The zero-order valence-electron chi connectivity index (χ0n) is 22.3. The van der Waals surface area contributed by atoms with E-state index in [0.717, 1.165) is 47.3 Å². The van der Waals surface area contributed by atoms with Gasteiger partial charge in [-0.15, -0.1) is 0 Å². The van der Waals surface area contributed by atoms with E-state index in [1.165, 1.54) is 25.4 Å². The first kappa shape index (κ1) is 27.8. The molecule has 2 N–H and O–H groups in total. The van der Waals surface area contributed by atoms with Gasteiger partial charge in [0, 0.05) is 44.8 Å². The minimum absolute atomic E-state index is 0.0145. The molecule has 2 aliphatic rings. The van der Waals surface area contributed by atoms with Crippen LogP contribution in [0.15, 0.2) is 23.1 Å². The maximum Gasteiger partial charge on any atom is 0.244 e. The van der Waals surface area contributed by atoms with E-state index < -0.39 is 10.0 Å². The first-order valence-electron chi connectivity index (χ1n) is 12.8. The van der Waals surface area contributed by atoms with Gasteiger partial charge >= 0.3 is 0 Å². The van der Waals surface area contributed by atoms with Crippen molar-refractivity contribution in [3.8, 4) is 16.2 Å². The second-order valence-corrected chi connectivity index (χ2v) is 13.1. The summed E-state index contributed by atoms with van der Waals surface area (Å²) in [7, 11) is -2.37.